The first-order chi connectivity index (χ1) is 6.88. The van der Waals surface area contributed by atoms with E-state index in [2.05, 4.69) is 13.2 Å². The lowest BCUT2D eigenvalue weighted by Gasteiger charge is -2.10. The molecule has 15 heavy (non-hydrogen) atoms. The first-order valence-corrected chi connectivity index (χ1v) is 6.97. The molecule has 0 aromatic heterocycles. The Bertz CT molecular complexity index is 380. The van der Waals surface area contributed by atoms with E-state index in [4.69, 9.17) is 5.73 Å². The summed E-state index contributed by atoms with van der Waals surface area (Å²) in [6, 6.07) is 0. The van der Waals surface area contributed by atoms with Crippen LogP contribution in [0.25, 0.3) is 0 Å². The molecule has 2 N–H and O–H groups in total. The zero-order chi connectivity index (χ0) is 12.1. The van der Waals surface area contributed by atoms with Crippen molar-refractivity contribution in [2.75, 3.05) is 12.3 Å². The van der Waals surface area contributed by atoms with Gasteiger partial charge in [0, 0.05) is 6.54 Å². The molecule has 0 radical (unpaired) electrons. The molecule has 0 aromatic rings. The Labute approximate surface area is 96.0 Å². The van der Waals surface area contributed by atoms with E-state index in [0.717, 1.165) is 11.8 Å². The molecule has 0 rings (SSSR count). The van der Waals surface area contributed by atoms with Crippen molar-refractivity contribution in [3.63, 3.8) is 0 Å². The molecule has 86 valence electrons. The maximum absolute atomic E-state index is 11.7. The van der Waals surface area contributed by atoms with E-state index in [9.17, 15) is 8.42 Å². The van der Waals surface area contributed by atoms with Gasteiger partial charge in [-0.05, 0) is 17.4 Å². The Morgan fingerprint density at radius 1 is 1.53 bits per heavy atom. The minimum Gasteiger partial charge on any atom is -0.326 e. The molecule has 0 bridgehead atoms. The Morgan fingerprint density at radius 3 is 2.40 bits per heavy atom. The highest BCUT2D eigenvalue weighted by molar-refractivity contribution is 8.20. The fourth-order valence-corrected chi connectivity index (χ4v) is 3.42. The first kappa shape index (κ1) is 14.5. The van der Waals surface area contributed by atoms with Crippen LogP contribution in [0.2, 0.25) is 0 Å². The van der Waals surface area contributed by atoms with Gasteiger partial charge in [0.2, 0.25) is 0 Å². The van der Waals surface area contributed by atoms with E-state index in [-0.39, 0.29) is 12.3 Å². The van der Waals surface area contributed by atoms with Gasteiger partial charge in [0.05, 0.1) is 5.75 Å². The summed E-state index contributed by atoms with van der Waals surface area (Å²) in [6.45, 7) is 10.8. The van der Waals surface area contributed by atoms with Crippen molar-refractivity contribution in [2.24, 2.45) is 5.73 Å². The van der Waals surface area contributed by atoms with E-state index in [0.29, 0.717) is 14.7 Å². The largest absolute Gasteiger partial charge is 0.326 e. The highest BCUT2D eigenvalue weighted by Crippen LogP contribution is 2.31. The molecular formula is C10H17NO2S2. The summed E-state index contributed by atoms with van der Waals surface area (Å²) < 4.78 is 23.8. The van der Waals surface area contributed by atoms with Gasteiger partial charge in [-0.3, -0.25) is 0 Å². The summed E-state index contributed by atoms with van der Waals surface area (Å²) in [5.74, 6) is 0.0678. The number of nitrogens with two attached hydrogens (primary N) is 1. The second kappa shape index (κ2) is 6.15. The number of sulfone groups is 1. The summed E-state index contributed by atoms with van der Waals surface area (Å²) >= 11 is 1.11. The van der Waals surface area contributed by atoms with Gasteiger partial charge in [-0.15, -0.1) is 0 Å². The van der Waals surface area contributed by atoms with Crippen LogP contribution in [-0.2, 0) is 9.84 Å². The molecule has 0 aliphatic rings. The lowest BCUT2D eigenvalue weighted by molar-refractivity contribution is 0.605. The third-order valence-electron chi connectivity index (χ3n) is 1.76. The minimum atomic E-state index is -3.22. The average molecular weight is 247 g/mol. The van der Waals surface area contributed by atoms with Crippen LogP contribution >= 0.6 is 11.8 Å². The van der Waals surface area contributed by atoms with Gasteiger partial charge in [-0.25, -0.2) is 8.42 Å². The predicted molar refractivity (Wildman–Crippen MR) is 68.1 cm³/mol. The fourth-order valence-electron chi connectivity index (χ4n) is 0.776. The van der Waals surface area contributed by atoms with Crippen LogP contribution in [-0.4, -0.2) is 20.7 Å². The van der Waals surface area contributed by atoms with Crippen LogP contribution in [0.5, 0.6) is 0 Å². The van der Waals surface area contributed by atoms with Gasteiger partial charge in [-0.2, -0.15) is 0 Å². The standard InChI is InChI=1S/C10H17NO2S2/c1-5-8(3)10(14-9(4)7-11)15(12,13)6-2/h5H,1,4,6-7,11H2,2-3H3/b10-8+. The quantitative estimate of drug-likeness (QED) is 0.730. The van der Waals surface area contributed by atoms with Crippen molar-refractivity contribution in [1.29, 1.82) is 0 Å². The molecule has 0 atom stereocenters. The van der Waals surface area contributed by atoms with Gasteiger partial charge in [0.15, 0.2) is 9.84 Å². The summed E-state index contributed by atoms with van der Waals surface area (Å²) in [6.07, 6.45) is 1.53. The lowest BCUT2D eigenvalue weighted by Crippen LogP contribution is -2.08. The minimum absolute atomic E-state index is 0.0678. The number of allylic oxidation sites excluding steroid dienone is 2. The van der Waals surface area contributed by atoms with Crippen LogP contribution in [0.15, 0.2) is 33.9 Å². The Morgan fingerprint density at radius 2 is 2.07 bits per heavy atom. The molecule has 0 fully saturated rings. The lowest BCUT2D eigenvalue weighted by atomic mass is 10.4. The monoisotopic (exact) mass is 247 g/mol. The molecule has 3 nitrogen and oxygen atoms in total. The van der Waals surface area contributed by atoms with Gasteiger partial charge in [0.1, 0.15) is 4.24 Å². The van der Waals surface area contributed by atoms with Crippen molar-refractivity contribution >= 4 is 21.6 Å². The molecule has 0 aromatic carbocycles. The van der Waals surface area contributed by atoms with E-state index in [1.807, 2.05) is 0 Å². The zero-order valence-electron chi connectivity index (χ0n) is 9.12. The van der Waals surface area contributed by atoms with Crippen molar-refractivity contribution in [3.8, 4) is 0 Å². The first-order valence-electron chi connectivity index (χ1n) is 4.50. The molecule has 0 saturated heterocycles. The second-order valence-electron chi connectivity index (χ2n) is 2.92. The third-order valence-corrected chi connectivity index (χ3v) is 5.38. The topological polar surface area (TPSA) is 60.2 Å². The van der Waals surface area contributed by atoms with Crippen LogP contribution in [0.1, 0.15) is 13.8 Å². The summed E-state index contributed by atoms with van der Waals surface area (Å²) in [5.41, 5.74) is 6.02. The van der Waals surface area contributed by atoms with Crippen molar-refractivity contribution in [3.05, 3.63) is 33.9 Å². The highest BCUT2D eigenvalue weighted by atomic mass is 32.3. The van der Waals surface area contributed by atoms with Gasteiger partial charge in [0.25, 0.3) is 0 Å². The maximum atomic E-state index is 11.7. The molecule has 0 unspecified atom stereocenters. The summed E-state index contributed by atoms with van der Waals surface area (Å²) in [7, 11) is -3.22. The number of hydrogen-bond acceptors (Lipinski definition) is 4. The van der Waals surface area contributed by atoms with Gasteiger partial charge in [-0.1, -0.05) is 37.9 Å². The highest BCUT2D eigenvalue weighted by Gasteiger charge is 2.18. The van der Waals surface area contributed by atoms with Crippen molar-refractivity contribution in [2.45, 2.75) is 13.8 Å². The zero-order valence-corrected chi connectivity index (χ0v) is 10.7. The van der Waals surface area contributed by atoms with Crippen molar-refractivity contribution < 1.29 is 8.42 Å². The van der Waals surface area contributed by atoms with E-state index < -0.39 is 9.84 Å². The average Bonchev–Trinajstić information content (AvgIpc) is 2.24. The van der Waals surface area contributed by atoms with Gasteiger partial charge >= 0.3 is 0 Å². The second-order valence-corrected chi connectivity index (χ2v) is 6.59. The Kier molecular flexibility index (Phi) is 5.93. The molecule has 0 spiro atoms. The van der Waals surface area contributed by atoms with Crippen LogP contribution in [0.4, 0.5) is 0 Å². The predicted octanol–water partition coefficient (Wildman–Crippen LogP) is 2.04. The van der Waals surface area contributed by atoms with Crippen LogP contribution in [0, 0.1) is 0 Å². The third kappa shape index (κ3) is 4.24. The smallest absolute Gasteiger partial charge is 0.184 e. The van der Waals surface area contributed by atoms with E-state index >= 15 is 0 Å². The maximum Gasteiger partial charge on any atom is 0.184 e. The van der Waals surface area contributed by atoms with E-state index in [1.54, 1.807) is 13.8 Å². The summed E-state index contributed by atoms with van der Waals surface area (Å²) in [5, 5.41) is 0. The number of thioether (sulfide) groups is 1. The Hall–Kier alpha value is -0.520. The molecule has 0 aliphatic carbocycles. The number of rotatable bonds is 6. The SMILES string of the molecule is C=C/C(C)=C(\SC(=C)CN)S(=O)(=O)CC. The van der Waals surface area contributed by atoms with E-state index in [1.165, 1.54) is 6.08 Å². The van der Waals surface area contributed by atoms with Crippen LogP contribution < -0.4 is 5.73 Å². The molecule has 0 saturated carbocycles. The van der Waals surface area contributed by atoms with Crippen molar-refractivity contribution in [1.82, 2.24) is 0 Å². The number of hydrogen-bond donors (Lipinski definition) is 1. The van der Waals surface area contributed by atoms with Crippen LogP contribution in [0.3, 0.4) is 0 Å². The molecule has 0 heterocycles. The molecule has 0 aliphatic heterocycles. The Balaban J connectivity index is 5.29. The fraction of sp³-hybridized carbons (Fsp3) is 0.400. The molecular weight excluding hydrogens is 230 g/mol. The molecule has 5 heteroatoms. The molecule has 0 amide bonds. The van der Waals surface area contributed by atoms with Gasteiger partial charge < -0.3 is 5.73 Å². The normalized spacial score (nSPS) is 13.3. The summed E-state index contributed by atoms with van der Waals surface area (Å²) in [4.78, 5) is 0.628.